The fraction of sp³-hybridized carbons (Fsp3) is 0.438. The fourth-order valence-corrected chi connectivity index (χ4v) is 2.32. The van der Waals surface area contributed by atoms with Crippen molar-refractivity contribution >= 4 is 5.91 Å². The molecule has 0 saturated carbocycles. The molecule has 0 aliphatic carbocycles. The Labute approximate surface area is 114 Å². The minimum Gasteiger partial charge on any atom is -0.395 e. The molecular weight excluding hydrogens is 238 g/mol. The van der Waals surface area contributed by atoms with Gasteiger partial charge in [-0.05, 0) is 44.0 Å². The van der Waals surface area contributed by atoms with Crippen LogP contribution in [0.2, 0.25) is 0 Å². The topological polar surface area (TPSA) is 40.5 Å². The van der Waals surface area contributed by atoms with E-state index in [0.717, 1.165) is 30.5 Å². The first-order chi connectivity index (χ1) is 9.22. The molecule has 3 heteroatoms. The summed E-state index contributed by atoms with van der Waals surface area (Å²) in [4.78, 5) is 14.2. The molecule has 1 atom stereocenters. The standard InChI is InChI=1S/C16H19NO2/c1-13-5-4-11-17(13)16(19)15-9-7-14(8-10-15)6-2-3-12-18/h7-10,13,18H,3-5,11-12H2,1H3. The fourth-order valence-electron chi connectivity index (χ4n) is 2.32. The minimum atomic E-state index is 0.0798. The first-order valence-electron chi connectivity index (χ1n) is 6.73. The number of hydrogen-bond acceptors (Lipinski definition) is 2. The lowest BCUT2D eigenvalue weighted by Gasteiger charge is -2.21. The molecule has 2 rings (SSSR count). The molecule has 0 spiro atoms. The van der Waals surface area contributed by atoms with Crippen LogP contribution in [0.5, 0.6) is 0 Å². The van der Waals surface area contributed by atoms with Gasteiger partial charge in [-0.15, -0.1) is 0 Å². The zero-order chi connectivity index (χ0) is 13.7. The molecule has 3 nitrogen and oxygen atoms in total. The monoisotopic (exact) mass is 257 g/mol. The van der Waals surface area contributed by atoms with E-state index < -0.39 is 0 Å². The van der Waals surface area contributed by atoms with Gasteiger partial charge in [-0.1, -0.05) is 11.8 Å². The number of carbonyl (C=O) groups excluding carboxylic acids is 1. The van der Waals surface area contributed by atoms with Crippen molar-refractivity contribution in [1.82, 2.24) is 4.90 Å². The van der Waals surface area contributed by atoms with E-state index in [9.17, 15) is 4.79 Å². The van der Waals surface area contributed by atoms with Crippen LogP contribution in [0, 0.1) is 11.8 Å². The lowest BCUT2D eigenvalue weighted by atomic mass is 10.1. The molecule has 1 unspecified atom stereocenters. The van der Waals surface area contributed by atoms with Crippen molar-refractivity contribution in [3.8, 4) is 11.8 Å². The third-order valence-electron chi connectivity index (χ3n) is 3.42. The normalized spacial score (nSPS) is 18.0. The number of amides is 1. The van der Waals surface area contributed by atoms with Crippen LogP contribution in [-0.2, 0) is 0 Å². The highest BCUT2D eigenvalue weighted by molar-refractivity contribution is 5.94. The lowest BCUT2D eigenvalue weighted by molar-refractivity contribution is 0.0747. The Bertz CT molecular complexity index is 496. The molecule has 1 N–H and O–H groups in total. The van der Waals surface area contributed by atoms with Gasteiger partial charge in [0, 0.05) is 30.1 Å². The summed E-state index contributed by atoms with van der Waals surface area (Å²) in [6, 6.07) is 7.72. The second-order valence-corrected chi connectivity index (χ2v) is 4.84. The van der Waals surface area contributed by atoms with Gasteiger partial charge in [0.2, 0.25) is 0 Å². The third kappa shape index (κ3) is 3.36. The maximum atomic E-state index is 12.3. The van der Waals surface area contributed by atoms with Crippen molar-refractivity contribution in [2.45, 2.75) is 32.2 Å². The zero-order valence-electron chi connectivity index (χ0n) is 11.2. The van der Waals surface area contributed by atoms with E-state index in [1.807, 2.05) is 29.2 Å². The van der Waals surface area contributed by atoms with E-state index in [1.54, 1.807) is 0 Å². The van der Waals surface area contributed by atoms with Crippen molar-refractivity contribution in [2.75, 3.05) is 13.2 Å². The summed E-state index contributed by atoms with van der Waals surface area (Å²) in [5, 5.41) is 8.65. The molecule has 19 heavy (non-hydrogen) atoms. The highest BCUT2D eigenvalue weighted by Gasteiger charge is 2.25. The van der Waals surface area contributed by atoms with Gasteiger partial charge < -0.3 is 10.0 Å². The Kier molecular flexibility index (Phi) is 4.59. The van der Waals surface area contributed by atoms with Crippen LogP contribution >= 0.6 is 0 Å². The maximum absolute atomic E-state index is 12.3. The predicted octanol–water partition coefficient (Wildman–Crippen LogP) is 2.04. The molecule has 0 radical (unpaired) electrons. The summed E-state index contributed by atoms with van der Waals surface area (Å²) in [6.45, 7) is 3.04. The quantitative estimate of drug-likeness (QED) is 0.824. The SMILES string of the molecule is CC1CCCN1C(=O)c1ccc(C#CCCO)cc1. The van der Waals surface area contributed by atoms with Crippen molar-refractivity contribution in [1.29, 1.82) is 0 Å². The lowest BCUT2D eigenvalue weighted by Crippen LogP contribution is -2.33. The minimum absolute atomic E-state index is 0.0798. The molecule has 1 aliphatic rings. The van der Waals surface area contributed by atoms with Crippen LogP contribution in [-0.4, -0.2) is 35.1 Å². The van der Waals surface area contributed by atoms with Gasteiger partial charge in [0.25, 0.3) is 5.91 Å². The molecule has 100 valence electrons. The first-order valence-corrected chi connectivity index (χ1v) is 6.73. The molecule has 1 aromatic carbocycles. The Morgan fingerprint density at radius 1 is 1.42 bits per heavy atom. The smallest absolute Gasteiger partial charge is 0.254 e. The summed E-state index contributed by atoms with van der Waals surface area (Å²) in [6.07, 6.45) is 2.67. The van der Waals surface area contributed by atoms with Crippen LogP contribution in [0.3, 0.4) is 0 Å². The van der Waals surface area contributed by atoms with Gasteiger partial charge >= 0.3 is 0 Å². The van der Waals surface area contributed by atoms with Crippen molar-refractivity contribution in [2.24, 2.45) is 0 Å². The van der Waals surface area contributed by atoms with E-state index in [4.69, 9.17) is 5.11 Å². The third-order valence-corrected chi connectivity index (χ3v) is 3.42. The molecule has 1 heterocycles. The number of nitrogens with zero attached hydrogens (tertiary/aromatic N) is 1. The highest BCUT2D eigenvalue weighted by Crippen LogP contribution is 2.19. The van der Waals surface area contributed by atoms with E-state index in [0.29, 0.717) is 12.5 Å². The Hall–Kier alpha value is -1.79. The van der Waals surface area contributed by atoms with E-state index in [-0.39, 0.29) is 12.5 Å². The van der Waals surface area contributed by atoms with Gasteiger partial charge in [0.15, 0.2) is 0 Å². The summed E-state index contributed by atoms with van der Waals surface area (Å²) in [5.41, 5.74) is 1.60. The highest BCUT2D eigenvalue weighted by atomic mass is 16.2. The average molecular weight is 257 g/mol. The predicted molar refractivity (Wildman–Crippen MR) is 74.8 cm³/mol. The van der Waals surface area contributed by atoms with Crippen LogP contribution in [0.1, 0.15) is 42.1 Å². The molecule has 1 fully saturated rings. The number of carbonyl (C=O) groups is 1. The Morgan fingerprint density at radius 3 is 2.74 bits per heavy atom. The molecular formula is C16H19NO2. The Balaban J connectivity index is 2.06. The first kappa shape index (κ1) is 13.6. The number of aliphatic hydroxyl groups excluding tert-OH is 1. The number of aliphatic hydroxyl groups is 1. The van der Waals surface area contributed by atoms with Crippen LogP contribution in [0.25, 0.3) is 0 Å². The molecule has 1 saturated heterocycles. The maximum Gasteiger partial charge on any atom is 0.254 e. The number of hydrogen-bond donors (Lipinski definition) is 1. The number of likely N-dealkylation sites (tertiary alicyclic amines) is 1. The number of benzene rings is 1. The van der Waals surface area contributed by atoms with Gasteiger partial charge in [0.1, 0.15) is 0 Å². The van der Waals surface area contributed by atoms with Crippen molar-refractivity contribution < 1.29 is 9.90 Å². The van der Waals surface area contributed by atoms with E-state index in [2.05, 4.69) is 18.8 Å². The molecule has 0 bridgehead atoms. The molecule has 0 aromatic heterocycles. The second-order valence-electron chi connectivity index (χ2n) is 4.84. The van der Waals surface area contributed by atoms with Gasteiger partial charge in [-0.3, -0.25) is 4.79 Å². The van der Waals surface area contributed by atoms with Gasteiger partial charge in [-0.25, -0.2) is 0 Å². The summed E-state index contributed by atoms with van der Waals surface area (Å²) in [7, 11) is 0. The molecule has 1 aromatic rings. The zero-order valence-corrected chi connectivity index (χ0v) is 11.2. The van der Waals surface area contributed by atoms with Gasteiger partial charge in [0.05, 0.1) is 6.61 Å². The second kappa shape index (κ2) is 6.40. The van der Waals surface area contributed by atoms with E-state index in [1.165, 1.54) is 0 Å². The summed E-state index contributed by atoms with van der Waals surface area (Å²) >= 11 is 0. The van der Waals surface area contributed by atoms with Crippen LogP contribution < -0.4 is 0 Å². The number of rotatable bonds is 2. The van der Waals surface area contributed by atoms with Crippen LogP contribution in [0.4, 0.5) is 0 Å². The Morgan fingerprint density at radius 2 is 2.16 bits per heavy atom. The molecule has 1 aliphatic heterocycles. The van der Waals surface area contributed by atoms with Gasteiger partial charge in [-0.2, -0.15) is 0 Å². The molecule has 1 amide bonds. The summed E-state index contributed by atoms with van der Waals surface area (Å²) in [5.74, 6) is 5.93. The van der Waals surface area contributed by atoms with Crippen molar-refractivity contribution in [3.05, 3.63) is 35.4 Å². The average Bonchev–Trinajstić information content (AvgIpc) is 2.85. The largest absolute Gasteiger partial charge is 0.395 e. The van der Waals surface area contributed by atoms with Crippen LogP contribution in [0.15, 0.2) is 24.3 Å². The van der Waals surface area contributed by atoms with Crippen molar-refractivity contribution in [3.63, 3.8) is 0 Å². The van der Waals surface area contributed by atoms with E-state index >= 15 is 0 Å². The summed E-state index contributed by atoms with van der Waals surface area (Å²) < 4.78 is 0.